The number of nitrogens with two attached hydrogens (primary N) is 1. The lowest BCUT2D eigenvalue weighted by molar-refractivity contribution is 0.213. The molecule has 0 saturated heterocycles. The Bertz CT molecular complexity index is 545. The largest absolute Gasteiger partial charge is 0.329 e. The Kier molecular flexibility index (Phi) is 3.85. The number of rotatable bonds is 6. The van der Waals surface area contributed by atoms with Gasteiger partial charge in [0, 0.05) is 25.3 Å². The van der Waals surface area contributed by atoms with E-state index in [9.17, 15) is 0 Å². The second-order valence-corrected chi connectivity index (χ2v) is 5.64. The van der Waals surface area contributed by atoms with Crippen LogP contribution in [-0.4, -0.2) is 34.3 Å². The predicted molar refractivity (Wildman–Crippen MR) is 80.6 cm³/mol. The maximum Gasteiger partial charge on any atom is 0.0769 e. The second-order valence-electron chi connectivity index (χ2n) is 5.64. The zero-order chi connectivity index (χ0) is 13.9. The van der Waals surface area contributed by atoms with Crippen LogP contribution in [0.5, 0.6) is 0 Å². The van der Waals surface area contributed by atoms with Crippen molar-refractivity contribution in [3.8, 4) is 5.69 Å². The summed E-state index contributed by atoms with van der Waals surface area (Å²) in [5.41, 5.74) is 8.09. The van der Waals surface area contributed by atoms with Crippen molar-refractivity contribution in [3.63, 3.8) is 0 Å². The maximum atomic E-state index is 5.90. The van der Waals surface area contributed by atoms with Crippen molar-refractivity contribution in [1.29, 1.82) is 0 Å². The molecule has 1 saturated carbocycles. The lowest BCUT2D eigenvalue weighted by atomic mass is 10.1. The van der Waals surface area contributed by atoms with Gasteiger partial charge >= 0.3 is 0 Å². The monoisotopic (exact) mass is 270 g/mol. The zero-order valence-electron chi connectivity index (χ0n) is 11.9. The number of aromatic nitrogens is 2. The van der Waals surface area contributed by atoms with Gasteiger partial charge in [-0.25, -0.2) is 4.68 Å². The minimum Gasteiger partial charge on any atom is -0.329 e. The van der Waals surface area contributed by atoms with E-state index in [0.717, 1.165) is 30.4 Å². The summed E-state index contributed by atoms with van der Waals surface area (Å²) in [6, 6.07) is 12.8. The maximum absolute atomic E-state index is 5.90. The molecule has 2 aromatic rings. The summed E-state index contributed by atoms with van der Waals surface area (Å²) in [6.07, 6.45) is 4.67. The van der Waals surface area contributed by atoms with Gasteiger partial charge in [-0.2, -0.15) is 5.10 Å². The molecule has 1 aromatic carbocycles. The Balaban J connectivity index is 1.68. The highest BCUT2D eigenvalue weighted by molar-refractivity contribution is 5.30. The molecule has 1 fully saturated rings. The molecule has 2 N–H and O–H groups in total. The molecule has 0 radical (unpaired) electrons. The predicted octanol–water partition coefficient (Wildman–Crippen LogP) is 2.04. The van der Waals surface area contributed by atoms with E-state index in [2.05, 4.69) is 35.2 Å². The van der Waals surface area contributed by atoms with E-state index < -0.39 is 0 Å². The van der Waals surface area contributed by atoms with E-state index in [1.54, 1.807) is 0 Å². The molecule has 0 bridgehead atoms. The van der Waals surface area contributed by atoms with Crippen molar-refractivity contribution in [2.75, 3.05) is 13.6 Å². The molecule has 3 rings (SSSR count). The molecule has 106 valence electrons. The number of benzene rings is 1. The Labute approximate surface area is 120 Å². The van der Waals surface area contributed by atoms with Crippen LogP contribution < -0.4 is 5.73 Å². The molecule has 1 unspecified atom stereocenters. The van der Waals surface area contributed by atoms with Gasteiger partial charge in [0.05, 0.1) is 11.4 Å². The molecule has 1 heterocycles. The third kappa shape index (κ3) is 2.92. The van der Waals surface area contributed by atoms with Crippen molar-refractivity contribution >= 4 is 0 Å². The first-order chi connectivity index (χ1) is 9.78. The van der Waals surface area contributed by atoms with Crippen LogP contribution in [-0.2, 0) is 6.54 Å². The summed E-state index contributed by atoms with van der Waals surface area (Å²) in [5, 5.41) is 4.65. The fourth-order valence-corrected chi connectivity index (χ4v) is 2.76. The summed E-state index contributed by atoms with van der Waals surface area (Å²) in [5.74, 6) is 0.793. The molecule has 1 atom stereocenters. The normalized spacial score (nSPS) is 16.6. The van der Waals surface area contributed by atoms with Gasteiger partial charge < -0.3 is 5.73 Å². The summed E-state index contributed by atoms with van der Waals surface area (Å²) in [4.78, 5) is 2.34. The molecule has 4 nitrogen and oxygen atoms in total. The van der Waals surface area contributed by atoms with Gasteiger partial charge in [0.15, 0.2) is 0 Å². The summed E-state index contributed by atoms with van der Waals surface area (Å²) in [6.45, 7) is 1.60. The molecule has 0 spiro atoms. The second kappa shape index (κ2) is 5.77. The number of likely N-dealkylation sites (N-methyl/N-ethyl adjacent to an activating group) is 1. The van der Waals surface area contributed by atoms with Crippen molar-refractivity contribution in [3.05, 3.63) is 48.3 Å². The minimum atomic E-state index is 0.497. The molecule has 0 amide bonds. The zero-order valence-corrected chi connectivity index (χ0v) is 11.9. The molecule has 20 heavy (non-hydrogen) atoms. The first kappa shape index (κ1) is 13.3. The Hall–Kier alpha value is -1.65. The summed E-state index contributed by atoms with van der Waals surface area (Å²) in [7, 11) is 2.15. The first-order valence-corrected chi connectivity index (χ1v) is 7.28. The van der Waals surface area contributed by atoms with Crippen LogP contribution >= 0.6 is 0 Å². The van der Waals surface area contributed by atoms with E-state index in [-0.39, 0.29) is 0 Å². The fourth-order valence-electron chi connectivity index (χ4n) is 2.76. The standard InChI is InChI=1S/C16H22N4/c1-19(16(11-17)13-7-8-13)12-14-9-10-20(18-14)15-5-3-2-4-6-15/h2-6,9-10,13,16H,7-8,11-12,17H2,1H3. The Morgan fingerprint density at radius 2 is 2.05 bits per heavy atom. The lowest BCUT2D eigenvalue weighted by Crippen LogP contribution is -2.39. The van der Waals surface area contributed by atoms with Crippen LogP contribution in [0.1, 0.15) is 18.5 Å². The van der Waals surface area contributed by atoms with Gasteiger partial charge in [0.2, 0.25) is 0 Å². The van der Waals surface area contributed by atoms with E-state index in [0.29, 0.717) is 6.04 Å². The third-order valence-electron chi connectivity index (χ3n) is 4.05. The van der Waals surface area contributed by atoms with Crippen molar-refractivity contribution in [2.45, 2.75) is 25.4 Å². The smallest absolute Gasteiger partial charge is 0.0769 e. The van der Waals surface area contributed by atoms with Gasteiger partial charge in [-0.15, -0.1) is 0 Å². The lowest BCUT2D eigenvalue weighted by Gasteiger charge is -2.26. The fraction of sp³-hybridized carbons (Fsp3) is 0.438. The quantitative estimate of drug-likeness (QED) is 0.874. The van der Waals surface area contributed by atoms with Gasteiger partial charge in [-0.05, 0) is 44.0 Å². The molecule has 4 heteroatoms. The highest BCUT2D eigenvalue weighted by atomic mass is 15.3. The number of hydrogen-bond acceptors (Lipinski definition) is 3. The molecular weight excluding hydrogens is 248 g/mol. The molecule has 0 aliphatic heterocycles. The van der Waals surface area contributed by atoms with Crippen LogP contribution in [0.2, 0.25) is 0 Å². The molecular formula is C16H22N4. The van der Waals surface area contributed by atoms with Crippen LogP contribution in [0.15, 0.2) is 42.6 Å². The van der Waals surface area contributed by atoms with Crippen LogP contribution in [0.3, 0.4) is 0 Å². The van der Waals surface area contributed by atoms with Crippen LogP contribution in [0.4, 0.5) is 0 Å². The average molecular weight is 270 g/mol. The minimum absolute atomic E-state index is 0.497. The first-order valence-electron chi connectivity index (χ1n) is 7.28. The third-order valence-corrected chi connectivity index (χ3v) is 4.05. The van der Waals surface area contributed by atoms with Crippen molar-refractivity contribution < 1.29 is 0 Å². The van der Waals surface area contributed by atoms with E-state index in [1.165, 1.54) is 12.8 Å². The van der Waals surface area contributed by atoms with Crippen molar-refractivity contribution in [2.24, 2.45) is 11.7 Å². The number of para-hydroxylation sites is 1. The average Bonchev–Trinajstić information content (AvgIpc) is 3.19. The van der Waals surface area contributed by atoms with E-state index in [1.807, 2.05) is 29.1 Å². The Morgan fingerprint density at radius 3 is 2.70 bits per heavy atom. The SMILES string of the molecule is CN(Cc1ccn(-c2ccccc2)n1)C(CN)C1CC1. The van der Waals surface area contributed by atoms with Gasteiger partial charge in [-0.3, -0.25) is 4.90 Å². The topological polar surface area (TPSA) is 47.1 Å². The van der Waals surface area contributed by atoms with Crippen LogP contribution in [0, 0.1) is 5.92 Å². The highest BCUT2D eigenvalue weighted by Gasteiger charge is 2.32. The summed E-state index contributed by atoms with van der Waals surface area (Å²) < 4.78 is 1.93. The molecule has 1 aromatic heterocycles. The highest BCUT2D eigenvalue weighted by Crippen LogP contribution is 2.34. The van der Waals surface area contributed by atoms with E-state index in [4.69, 9.17) is 5.73 Å². The van der Waals surface area contributed by atoms with E-state index >= 15 is 0 Å². The van der Waals surface area contributed by atoms with Gasteiger partial charge in [0.1, 0.15) is 0 Å². The Morgan fingerprint density at radius 1 is 1.30 bits per heavy atom. The van der Waals surface area contributed by atoms with Crippen molar-refractivity contribution in [1.82, 2.24) is 14.7 Å². The van der Waals surface area contributed by atoms with Crippen LogP contribution in [0.25, 0.3) is 5.69 Å². The van der Waals surface area contributed by atoms with Gasteiger partial charge in [0.25, 0.3) is 0 Å². The number of hydrogen-bond donors (Lipinski definition) is 1. The molecule has 1 aliphatic carbocycles. The molecule has 1 aliphatic rings. The van der Waals surface area contributed by atoms with Gasteiger partial charge in [-0.1, -0.05) is 18.2 Å². The number of nitrogens with zero attached hydrogens (tertiary/aromatic N) is 3. The summed E-state index contributed by atoms with van der Waals surface area (Å²) >= 11 is 0.